The fraction of sp³-hybridized carbons (Fsp3) is 1.00. The van der Waals surface area contributed by atoms with Gasteiger partial charge in [-0.3, -0.25) is 4.90 Å². The van der Waals surface area contributed by atoms with Crippen LogP contribution in [0.5, 0.6) is 0 Å². The van der Waals surface area contributed by atoms with Crippen LogP contribution in [-0.2, 0) is 0 Å². The Kier molecular flexibility index (Phi) is 3.36. The molecule has 0 spiro atoms. The Morgan fingerprint density at radius 3 is 2.31 bits per heavy atom. The zero-order valence-electron chi connectivity index (χ0n) is 9.51. The fourth-order valence-electron chi connectivity index (χ4n) is 1.94. The summed E-state index contributed by atoms with van der Waals surface area (Å²) in [6.45, 7) is 7.55. The maximum atomic E-state index is 5.88. The molecular weight excluding hydrogens is 160 g/mol. The minimum Gasteiger partial charge on any atom is -0.329 e. The molecule has 0 aromatic rings. The van der Waals surface area contributed by atoms with Crippen LogP contribution >= 0.6 is 0 Å². The van der Waals surface area contributed by atoms with Gasteiger partial charge in [0.1, 0.15) is 0 Å². The van der Waals surface area contributed by atoms with E-state index in [1.165, 1.54) is 19.3 Å². The van der Waals surface area contributed by atoms with E-state index in [1.807, 2.05) is 0 Å². The molecule has 0 amide bonds. The van der Waals surface area contributed by atoms with E-state index in [4.69, 9.17) is 5.73 Å². The van der Waals surface area contributed by atoms with Gasteiger partial charge in [0.15, 0.2) is 0 Å². The van der Waals surface area contributed by atoms with Gasteiger partial charge in [0, 0.05) is 18.1 Å². The number of nitrogens with zero attached hydrogens (tertiary/aromatic N) is 1. The Morgan fingerprint density at radius 2 is 2.00 bits per heavy atom. The summed E-state index contributed by atoms with van der Waals surface area (Å²) in [5, 5.41) is 0. The van der Waals surface area contributed by atoms with Crippen molar-refractivity contribution in [2.45, 2.75) is 51.6 Å². The second-order valence-electron chi connectivity index (χ2n) is 5.05. The quantitative estimate of drug-likeness (QED) is 0.706. The summed E-state index contributed by atoms with van der Waals surface area (Å²) in [5.74, 6) is 0.953. The molecule has 1 saturated carbocycles. The van der Waals surface area contributed by atoms with Gasteiger partial charge in [-0.1, -0.05) is 12.8 Å². The van der Waals surface area contributed by atoms with Crippen LogP contribution in [-0.4, -0.2) is 30.1 Å². The number of rotatable bonds is 5. The van der Waals surface area contributed by atoms with Crippen LogP contribution in [0.25, 0.3) is 0 Å². The summed E-state index contributed by atoms with van der Waals surface area (Å²) in [5.41, 5.74) is 6.10. The summed E-state index contributed by atoms with van der Waals surface area (Å²) in [7, 11) is 2.19. The van der Waals surface area contributed by atoms with E-state index in [2.05, 4.69) is 32.7 Å². The van der Waals surface area contributed by atoms with Gasteiger partial charge < -0.3 is 5.73 Å². The van der Waals surface area contributed by atoms with Crippen LogP contribution in [0.15, 0.2) is 0 Å². The van der Waals surface area contributed by atoms with Crippen molar-refractivity contribution in [2.24, 2.45) is 11.7 Å². The SMILES string of the molecule is CC(C)N(C)C(C)(CN)CC1CC1. The molecule has 0 aromatic carbocycles. The number of hydrogen-bond acceptors (Lipinski definition) is 2. The van der Waals surface area contributed by atoms with Gasteiger partial charge in [0.2, 0.25) is 0 Å². The van der Waals surface area contributed by atoms with Crippen LogP contribution < -0.4 is 5.73 Å². The highest BCUT2D eigenvalue weighted by Gasteiger charge is 2.36. The molecule has 13 heavy (non-hydrogen) atoms. The van der Waals surface area contributed by atoms with E-state index in [9.17, 15) is 0 Å². The van der Waals surface area contributed by atoms with Crippen molar-refractivity contribution in [3.05, 3.63) is 0 Å². The van der Waals surface area contributed by atoms with Crippen molar-refractivity contribution in [3.63, 3.8) is 0 Å². The van der Waals surface area contributed by atoms with E-state index >= 15 is 0 Å². The molecule has 2 nitrogen and oxygen atoms in total. The highest BCUT2D eigenvalue weighted by molar-refractivity contribution is 4.92. The predicted molar refractivity (Wildman–Crippen MR) is 57.7 cm³/mol. The molecule has 1 atom stereocenters. The normalized spacial score (nSPS) is 22.4. The topological polar surface area (TPSA) is 29.3 Å². The van der Waals surface area contributed by atoms with Gasteiger partial charge in [-0.15, -0.1) is 0 Å². The maximum Gasteiger partial charge on any atom is 0.0305 e. The predicted octanol–water partition coefficient (Wildman–Crippen LogP) is 1.84. The van der Waals surface area contributed by atoms with Crippen LogP contribution in [0.3, 0.4) is 0 Å². The van der Waals surface area contributed by atoms with Crippen molar-refractivity contribution < 1.29 is 0 Å². The molecule has 0 bridgehead atoms. The van der Waals surface area contributed by atoms with E-state index in [0.29, 0.717) is 6.04 Å². The van der Waals surface area contributed by atoms with Gasteiger partial charge in [0.05, 0.1) is 0 Å². The van der Waals surface area contributed by atoms with Crippen LogP contribution in [0.1, 0.15) is 40.0 Å². The molecule has 1 fully saturated rings. The lowest BCUT2D eigenvalue weighted by atomic mass is 9.92. The van der Waals surface area contributed by atoms with Crippen molar-refractivity contribution in [1.82, 2.24) is 4.90 Å². The third kappa shape index (κ3) is 2.68. The summed E-state index contributed by atoms with van der Waals surface area (Å²) in [4.78, 5) is 2.42. The molecule has 78 valence electrons. The Bertz CT molecular complexity index is 163. The first-order valence-corrected chi connectivity index (χ1v) is 5.42. The molecule has 1 aliphatic rings. The highest BCUT2D eigenvalue weighted by Crippen LogP contribution is 2.38. The van der Waals surface area contributed by atoms with Crippen molar-refractivity contribution in [2.75, 3.05) is 13.6 Å². The monoisotopic (exact) mass is 184 g/mol. The zero-order chi connectivity index (χ0) is 10.1. The molecule has 1 rings (SSSR count). The first kappa shape index (κ1) is 11.0. The lowest BCUT2D eigenvalue weighted by Gasteiger charge is -2.41. The minimum atomic E-state index is 0.218. The van der Waals surface area contributed by atoms with E-state index in [-0.39, 0.29) is 5.54 Å². The van der Waals surface area contributed by atoms with E-state index in [0.717, 1.165) is 12.5 Å². The van der Waals surface area contributed by atoms with E-state index < -0.39 is 0 Å². The molecule has 0 aliphatic heterocycles. The minimum absolute atomic E-state index is 0.218. The molecule has 2 heteroatoms. The zero-order valence-corrected chi connectivity index (χ0v) is 9.51. The summed E-state index contributed by atoms with van der Waals surface area (Å²) < 4.78 is 0. The van der Waals surface area contributed by atoms with Crippen molar-refractivity contribution in [3.8, 4) is 0 Å². The first-order valence-electron chi connectivity index (χ1n) is 5.42. The lowest BCUT2D eigenvalue weighted by molar-refractivity contribution is 0.0946. The first-order chi connectivity index (χ1) is 5.99. The second kappa shape index (κ2) is 3.97. The molecular formula is C11H24N2. The maximum absolute atomic E-state index is 5.88. The van der Waals surface area contributed by atoms with Crippen LogP contribution in [0, 0.1) is 5.92 Å². The lowest BCUT2D eigenvalue weighted by Crippen LogP contribution is -2.52. The second-order valence-corrected chi connectivity index (χ2v) is 5.05. The number of likely N-dealkylation sites (N-methyl/N-ethyl adjacent to an activating group) is 1. The van der Waals surface area contributed by atoms with Crippen LogP contribution in [0.4, 0.5) is 0 Å². The molecule has 0 saturated heterocycles. The molecule has 0 radical (unpaired) electrons. The largest absolute Gasteiger partial charge is 0.329 e. The van der Waals surface area contributed by atoms with Gasteiger partial charge in [-0.05, 0) is 40.2 Å². The summed E-state index contributed by atoms with van der Waals surface area (Å²) in [6, 6.07) is 0.590. The van der Waals surface area contributed by atoms with Gasteiger partial charge in [-0.25, -0.2) is 0 Å². The van der Waals surface area contributed by atoms with Crippen molar-refractivity contribution in [1.29, 1.82) is 0 Å². The summed E-state index contributed by atoms with van der Waals surface area (Å²) in [6.07, 6.45) is 4.11. The van der Waals surface area contributed by atoms with Gasteiger partial charge in [-0.2, -0.15) is 0 Å². The Labute approximate surface area is 82.5 Å². The highest BCUT2D eigenvalue weighted by atomic mass is 15.2. The Balaban J connectivity index is 2.54. The van der Waals surface area contributed by atoms with Crippen molar-refractivity contribution >= 4 is 0 Å². The molecule has 1 unspecified atom stereocenters. The van der Waals surface area contributed by atoms with Gasteiger partial charge >= 0.3 is 0 Å². The van der Waals surface area contributed by atoms with Gasteiger partial charge in [0.25, 0.3) is 0 Å². The smallest absolute Gasteiger partial charge is 0.0305 e. The number of nitrogens with two attached hydrogens (primary N) is 1. The Morgan fingerprint density at radius 1 is 1.46 bits per heavy atom. The van der Waals surface area contributed by atoms with E-state index in [1.54, 1.807) is 0 Å². The fourth-order valence-corrected chi connectivity index (χ4v) is 1.94. The standard InChI is InChI=1S/C11H24N2/c1-9(2)13(4)11(3,8-12)7-10-5-6-10/h9-10H,5-8,12H2,1-4H3. The van der Waals surface area contributed by atoms with Crippen LogP contribution in [0.2, 0.25) is 0 Å². The molecule has 0 aromatic heterocycles. The number of hydrogen-bond donors (Lipinski definition) is 1. The molecule has 1 aliphatic carbocycles. The average Bonchev–Trinajstić information content (AvgIpc) is 2.86. The third-order valence-corrected chi connectivity index (χ3v) is 3.49. The molecule has 2 N–H and O–H groups in total. The Hall–Kier alpha value is -0.0800. The summed E-state index contributed by atoms with van der Waals surface area (Å²) >= 11 is 0. The molecule has 0 heterocycles. The third-order valence-electron chi connectivity index (χ3n) is 3.49. The average molecular weight is 184 g/mol.